The lowest BCUT2D eigenvalue weighted by Crippen LogP contribution is -2.27. The molecule has 0 fully saturated rings. The normalized spacial score (nSPS) is 11.7. The fourth-order valence-corrected chi connectivity index (χ4v) is 3.85. The minimum atomic E-state index is -3.73. The van der Waals surface area contributed by atoms with E-state index >= 15 is 0 Å². The van der Waals surface area contributed by atoms with Crippen molar-refractivity contribution < 1.29 is 13.2 Å². The molecule has 2 N–H and O–H groups in total. The first-order valence-corrected chi connectivity index (χ1v) is 10.1. The average Bonchev–Trinajstić information content (AvgIpc) is 2.64. The van der Waals surface area contributed by atoms with Gasteiger partial charge < -0.3 is 9.72 Å². The van der Waals surface area contributed by atoms with Crippen LogP contribution in [-0.4, -0.2) is 20.0 Å². The highest BCUT2D eigenvalue weighted by atomic mass is 32.2. The number of hydrogen-bond acceptors (Lipinski definition) is 4. The number of pyridine rings is 1. The van der Waals surface area contributed by atoms with E-state index in [-0.39, 0.29) is 17.0 Å². The van der Waals surface area contributed by atoms with E-state index in [1.54, 1.807) is 18.2 Å². The summed E-state index contributed by atoms with van der Waals surface area (Å²) >= 11 is 0. The molecule has 6 nitrogen and oxygen atoms in total. The van der Waals surface area contributed by atoms with E-state index in [1.165, 1.54) is 12.1 Å². The third-order valence-corrected chi connectivity index (χ3v) is 5.94. The number of rotatable bonds is 6. The minimum absolute atomic E-state index is 0.0895. The Morgan fingerprint density at radius 1 is 1.07 bits per heavy atom. The van der Waals surface area contributed by atoms with Gasteiger partial charge in [0.1, 0.15) is 5.75 Å². The van der Waals surface area contributed by atoms with E-state index in [9.17, 15) is 13.2 Å². The molecule has 0 amide bonds. The van der Waals surface area contributed by atoms with Gasteiger partial charge in [0.15, 0.2) is 0 Å². The predicted molar refractivity (Wildman–Crippen MR) is 106 cm³/mol. The maximum atomic E-state index is 12.5. The fourth-order valence-electron chi connectivity index (χ4n) is 2.84. The molecule has 142 valence electrons. The average molecular weight is 386 g/mol. The van der Waals surface area contributed by atoms with Crippen LogP contribution in [0.4, 0.5) is 0 Å². The topological polar surface area (TPSA) is 88.3 Å². The zero-order valence-electron chi connectivity index (χ0n) is 15.5. The first kappa shape index (κ1) is 19.1. The second-order valence-electron chi connectivity index (χ2n) is 6.32. The number of sulfonamides is 1. The van der Waals surface area contributed by atoms with Crippen molar-refractivity contribution >= 4 is 20.9 Å². The van der Waals surface area contributed by atoms with Crippen LogP contribution in [0, 0.1) is 13.8 Å². The van der Waals surface area contributed by atoms with Gasteiger partial charge in [-0.2, -0.15) is 0 Å². The van der Waals surface area contributed by atoms with Crippen LogP contribution in [-0.2, 0) is 16.6 Å². The van der Waals surface area contributed by atoms with Crippen LogP contribution >= 0.6 is 0 Å². The molecule has 3 aromatic rings. The number of benzene rings is 2. The Morgan fingerprint density at radius 2 is 1.78 bits per heavy atom. The summed E-state index contributed by atoms with van der Waals surface area (Å²) in [6.45, 7) is 6.20. The van der Waals surface area contributed by atoms with Crippen LogP contribution < -0.4 is 15.0 Å². The Kier molecular flexibility index (Phi) is 5.34. The van der Waals surface area contributed by atoms with Crippen LogP contribution in [0.15, 0.2) is 52.2 Å². The Labute approximate surface area is 158 Å². The van der Waals surface area contributed by atoms with Crippen molar-refractivity contribution in [1.29, 1.82) is 0 Å². The van der Waals surface area contributed by atoms with Crippen LogP contribution in [0.5, 0.6) is 5.75 Å². The largest absolute Gasteiger partial charge is 0.494 e. The quantitative estimate of drug-likeness (QED) is 0.682. The van der Waals surface area contributed by atoms with E-state index < -0.39 is 10.0 Å². The van der Waals surface area contributed by atoms with Crippen molar-refractivity contribution in [1.82, 2.24) is 9.71 Å². The van der Waals surface area contributed by atoms with E-state index in [2.05, 4.69) is 9.71 Å². The number of nitrogens with one attached hydrogen (secondary N) is 2. The summed E-state index contributed by atoms with van der Waals surface area (Å²) < 4.78 is 32.8. The van der Waals surface area contributed by atoms with E-state index in [1.807, 2.05) is 32.9 Å². The first-order valence-electron chi connectivity index (χ1n) is 8.66. The molecule has 0 bridgehead atoms. The lowest BCUT2D eigenvalue weighted by molar-refractivity contribution is 0.340. The molecule has 0 aliphatic heterocycles. The van der Waals surface area contributed by atoms with Crippen molar-refractivity contribution in [3.05, 3.63) is 69.5 Å². The van der Waals surface area contributed by atoms with Crippen molar-refractivity contribution in [2.24, 2.45) is 0 Å². The van der Waals surface area contributed by atoms with Crippen molar-refractivity contribution in [3.8, 4) is 5.75 Å². The third kappa shape index (κ3) is 4.04. The number of H-pyrrole nitrogens is 1. The molecule has 0 saturated carbocycles. The van der Waals surface area contributed by atoms with Gasteiger partial charge in [-0.15, -0.1) is 0 Å². The molecule has 0 atom stereocenters. The van der Waals surface area contributed by atoms with Crippen molar-refractivity contribution in [3.63, 3.8) is 0 Å². The molecule has 7 heteroatoms. The fraction of sp³-hybridized carbons (Fsp3) is 0.250. The maximum Gasteiger partial charge on any atom is 0.252 e. The van der Waals surface area contributed by atoms with Gasteiger partial charge in [0.2, 0.25) is 10.0 Å². The van der Waals surface area contributed by atoms with Gasteiger partial charge in [0, 0.05) is 12.1 Å². The molecule has 0 aliphatic rings. The summed E-state index contributed by atoms with van der Waals surface area (Å²) in [6.07, 6.45) is 0. The number of aromatic nitrogens is 1. The maximum absolute atomic E-state index is 12.5. The summed E-state index contributed by atoms with van der Waals surface area (Å²) in [5, 5.41) is 0.868. The lowest BCUT2D eigenvalue weighted by atomic mass is 10.0. The number of ether oxygens (including phenoxy) is 1. The molecule has 0 saturated heterocycles. The molecular weight excluding hydrogens is 364 g/mol. The Balaban J connectivity index is 1.84. The van der Waals surface area contributed by atoms with Crippen LogP contribution in [0.3, 0.4) is 0 Å². The molecule has 0 unspecified atom stereocenters. The van der Waals surface area contributed by atoms with Gasteiger partial charge in [-0.25, -0.2) is 13.1 Å². The van der Waals surface area contributed by atoms with Gasteiger partial charge >= 0.3 is 0 Å². The predicted octanol–water partition coefficient (Wildman–Crippen LogP) is 3.02. The molecule has 27 heavy (non-hydrogen) atoms. The molecule has 0 aliphatic carbocycles. The van der Waals surface area contributed by atoms with Gasteiger partial charge in [-0.05, 0) is 67.6 Å². The molecule has 0 spiro atoms. The second-order valence-corrected chi connectivity index (χ2v) is 8.09. The molecule has 1 aromatic heterocycles. The summed E-state index contributed by atoms with van der Waals surface area (Å²) in [5.74, 6) is 0.605. The first-order chi connectivity index (χ1) is 12.8. The Hall–Kier alpha value is -2.64. The zero-order valence-corrected chi connectivity index (χ0v) is 16.3. The van der Waals surface area contributed by atoms with Crippen molar-refractivity contribution in [2.75, 3.05) is 6.61 Å². The van der Waals surface area contributed by atoms with Gasteiger partial charge in [-0.1, -0.05) is 12.1 Å². The second kappa shape index (κ2) is 7.54. The molecule has 0 radical (unpaired) electrons. The van der Waals surface area contributed by atoms with Crippen molar-refractivity contribution in [2.45, 2.75) is 32.2 Å². The van der Waals surface area contributed by atoms with Crippen LogP contribution in [0.2, 0.25) is 0 Å². The SMILES string of the molecule is CCOc1ccc(S(=O)(=O)NCc2cc3ccc(C)c(C)c3[nH]c2=O)cc1. The monoisotopic (exact) mass is 386 g/mol. The Bertz CT molecular complexity index is 1130. The highest BCUT2D eigenvalue weighted by molar-refractivity contribution is 7.89. The third-order valence-electron chi connectivity index (χ3n) is 4.53. The van der Waals surface area contributed by atoms with Gasteiger partial charge in [0.25, 0.3) is 5.56 Å². The standard InChI is InChI=1S/C20H22N2O4S/c1-4-26-17-7-9-18(10-8-17)27(24,25)21-12-16-11-15-6-5-13(2)14(3)19(15)22-20(16)23/h5-11,21H,4,12H2,1-3H3,(H,22,23). The summed E-state index contributed by atoms with van der Waals surface area (Å²) in [4.78, 5) is 15.3. The number of hydrogen-bond donors (Lipinski definition) is 2. The molecule has 1 heterocycles. The Morgan fingerprint density at radius 3 is 2.44 bits per heavy atom. The van der Waals surface area contributed by atoms with E-state index in [4.69, 9.17) is 4.74 Å². The molecule has 2 aromatic carbocycles. The smallest absolute Gasteiger partial charge is 0.252 e. The van der Waals surface area contributed by atoms with E-state index in [0.717, 1.165) is 22.0 Å². The zero-order chi connectivity index (χ0) is 19.6. The van der Waals surface area contributed by atoms with E-state index in [0.29, 0.717) is 17.9 Å². The molecule has 3 rings (SSSR count). The summed E-state index contributed by atoms with van der Waals surface area (Å²) in [6, 6.07) is 11.8. The molecular formula is C20H22N2O4S. The number of fused-ring (bicyclic) bond motifs is 1. The van der Waals surface area contributed by atoms with Crippen LogP contribution in [0.25, 0.3) is 10.9 Å². The van der Waals surface area contributed by atoms with Gasteiger partial charge in [0.05, 0.1) is 17.0 Å². The number of aromatic amines is 1. The number of aryl methyl sites for hydroxylation is 2. The highest BCUT2D eigenvalue weighted by Crippen LogP contribution is 2.19. The lowest BCUT2D eigenvalue weighted by Gasteiger charge is -2.10. The highest BCUT2D eigenvalue weighted by Gasteiger charge is 2.15. The summed E-state index contributed by atoms with van der Waals surface area (Å²) in [7, 11) is -3.73. The summed E-state index contributed by atoms with van der Waals surface area (Å²) in [5.41, 5.74) is 2.93. The van der Waals surface area contributed by atoms with Crippen LogP contribution in [0.1, 0.15) is 23.6 Å². The minimum Gasteiger partial charge on any atom is -0.494 e. The van der Waals surface area contributed by atoms with Gasteiger partial charge in [-0.3, -0.25) is 4.79 Å².